The summed E-state index contributed by atoms with van der Waals surface area (Å²) in [5, 5.41) is 12.7. The quantitative estimate of drug-likeness (QED) is 0.668. The van der Waals surface area contributed by atoms with Crippen LogP contribution < -0.4 is 5.32 Å². The molecule has 0 saturated carbocycles. The van der Waals surface area contributed by atoms with Crippen LogP contribution in [0, 0.1) is 0 Å². The maximum absolute atomic E-state index is 12.9. The van der Waals surface area contributed by atoms with Crippen LogP contribution in [0.5, 0.6) is 0 Å². The van der Waals surface area contributed by atoms with Crippen molar-refractivity contribution in [2.75, 3.05) is 33.4 Å². The molecule has 0 saturated heterocycles. The average Bonchev–Trinajstić information content (AvgIpc) is 2.74. The van der Waals surface area contributed by atoms with Crippen molar-refractivity contribution in [3.63, 3.8) is 0 Å². The molecule has 0 aromatic heterocycles. The van der Waals surface area contributed by atoms with E-state index in [2.05, 4.69) is 5.32 Å². The van der Waals surface area contributed by atoms with Gasteiger partial charge in [-0.05, 0) is 41.7 Å². The van der Waals surface area contributed by atoms with Crippen molar-refractivity contribution in [1.29, 1.82) is 0 Å². The topological polar surface area (TPSA) is 61.8 Å². The second-order valence-electron chi connectivity index (χ2n) is 7.69. The average molecular weight is 436 g/mol. The Bertz CT molecular complexity index is 871. The minimum atomic E-state index is -4.38. The minimum Gasteiger partial charge on any atom is -0.389 e. The van der Waals surface area contributed by atoms with Gasteiger partial charge in [-0.3, -0.25) is 4.79 Å². The van der Waals surface area contributed by atoms with Gasteiger partial charge in [0.15, 0.2) is 0 Å². The van der Waals surface area contributed by atoms with Crippen LogP contribution >= 0.6 is 0 Å². The number of carbonyl (C=O) groups excluding carboxylic acids is 1. The van der Waals surface area contributed by atoms with Crippen LogP contribution in [0.3, 0.4) is 0 Å². The van der Waals surface area contributed by atoms with Crippen LogP contribution in [0.25, 0.3) is 0 Å². The molecule has 2 atom stereocenters. The van der Waals surface area contributed by atoms with Gasteiger partial charge in [-0.15, -0.1) is 0 Å². The highest BCUT2D eigenvalue weighted by atomic mass is 19.4. The lowest BCUT2D eigenvalue weighted by Gasteiger charge is -2.38. The standard InChI is InChI=1S/C23H27F3N2O3/c1-31-15-19(29)13-27-14-22(30)28-11-10-17-4-2-3-5-20(17)21(28)12-16-6-8-18(9-7-16)23(24,25)26/h2-9,19,21,27,29H,10-15H2,1H3/t19-,21?/m0/s1. The number of rotatable bonds is 8. The van der Waals surface area contributed by atoms with E-state index in [0.29, 0.717) is 13.0 Å². The Balaban J connectivity index is 1.75. The van der Waals surface area contributed by atoms with Gasteiger partial charge in [-0.2, -0.15) is 13.2 Å². The monoisotopic (exact) mass is 436 g/mol. The van der Waals surface area contributed by atoms with E-state index in [1.807, 2.05) is 24.3 Å². The van der Waals surface area contributed by atoms with E-state index in [4.69, 9.17) is 4.74 Å². The predicted octanol–water partition coefficient (Wildman–Crippen LogP) is 2.97. The Morgan fingerprint density at radius 3 is 2.61 bits per heavy atom. The first kappa shape index (κ1) is 23.2. The number of alkyl halides is 3. The van der Waals surface area contributed by atoms with Crippen LogP contribution in [-0.4, -0.2) is 55.4 Å². The second kappa shape index (κ2) is 10.3. The summed E-state index contributed by atoms with van der Waals surface area (Å²) in [7, 11) is 1.49. The molecule has 3 rings (SSSR count). The molecule has 1 aliphatic rings. The fraction of sp³-hybridized carbons (Fsp3) is 0.435. The van der Waals surface area contributed by atoms with Gasteiger partial charge in [0.1, 0.15) is 0 Å². The minimum absolute atomic E-state index is 0.0620. The molecule has 31 heavy (non-hydrogen) atoms. The Morgan fingerprint density at radius 1 is 1.23 bits per heavy atom. The summed E-state index contributed by atoms with van der Waals surface area (Å²) in [5.74, 6) is -0.115. The second-order valence-corrected chi connectivity index (χ2v) is 7.69. The molecule has 2 aromatic rings. The maximum Gasteiger partial charge on any atom is 0.416 e. The third-order valence-corrected chi connectivity index (χ3v) is 5.46. The summed E-state index contributed by atoms with van der Waals surface area (Å²) in [6.07, 6.45) is -3.94. The maximum atomic E-state index is 12.9. The zero-order valence-electron chi connectivity index (χ0n) is 17.4. The molecule has 0 spiro atoms. The Labute approximate surface area is 179 Å². The summed E-state index contributed by atoms with van der Waals surface area (Å²) >= 11 is 0. The highest BCUT2D eigenvalue weighted by Crippen LogP contribution is 2.34. The van der Waals surface area contributed by atoms with Gasteiger partial charge in [-0.25, -0.2) is 0 Å². The number of amides is 1. The van der Waals surface area contributed by atoms with E-state index >= 15 is 0 Å². The molecule has 0 bridgehead atoms. The van der Waals surface area contributed by atoms with E-state index in [0.717, 1.165) is 35.2 Å². The lowest BCUT2D eigenvalue weighted by molar-refractivity contribution is -0.137. The summed E-state index contributed by atoms with van der Waals surface area (Å²) in [6.45, 7) is 0.998. The molecule has 0 fully saturated rings. The lowest BCUT2D eigenvalue weighted by Crippen LogP contribution is -2.46. The Kier molecular flexibility index (Phi) is 7.69. The van der Waals surface area contributed by atoms with Crippen molar-refractivity contribution < 1.29 is 27.8 Å². The Morgan fingerprint density at radius 2 is 1.94 bits per heavy atom. The van der Waals surface area contributed by atoms with Crippen LogP contribution in [-0.2, 0) is 28.5 Å². The molecule has 5 nitrogen and oxygen atoms in total. The number of ether oxygens (including phenoxy) is 1. The molecule has 1 aliphatic heterocycles. The van der Waals surface area contributed by atoms with Crippen molar-refractivity contribution >= 4 is 5.91 Å². The van der Waals surface area contributed by atoms with Crippen molar-refractivity contribution in [3.8, 4) is 0 Å². The molecule has 1 heterocycles. The van der Waals surface area contributed by atoms with Crippen molar-refractivity contribution in [1.82, 2.24) is 10.2 Å². The third kappa shape index (κ3) is 6.06. The number of nitrogens with zero attached hydrogens (tertiary/aromatic N) is 1. The Hall–Kier alpha value is -2.42. The van der Waals surface area contributed by atoms with Gasteiger partial charge in [-0.1, -0.05) is 36.4 Å². The normalized spacial score (nSPS) is 17.3. The summed E-state index contributed by atoms with van der Waals surface area (Å²) in [4.78, 5) is 14.7. The highest BCUT2D eigenvalue weighted by Gasteiger charge is 2.32. The predicted molar refractivity (Wildman–Crippen MR) is 111 cm³/mol. The van der Waals surface area contributed by atoms with E-state index in [1.54, 1.807) is 4.90 Å². The number of fused-ring (bicyclic) bond motifs is 1. The molecule has 8 heteroatoms. The lowest BCUT2D eigenvalue weighted by atomic mass is 9.88. The van der Waals surface area contributed by atoms with Gasteiger partial charge in [0.05, 0.1) is 30.9 Å². The first-order valence-corrected chi connectivity index (χ1v) is 10.2. The van der Waals surface area contributed by atoms with Gasteiger partial charge in [0.25, 0.3) is 0 Å². The number of hydrogen-bond acceptors (Lipinski definition) is 4. The molecule has 2 N–H and O–H groups in total. The zero-order chi connectivity index (χ0) is 22.4. The van der Waals surface area contributed by atoms with Gasteiger partial charge < -0.3 is 20.1 Å². The number of benzene rings is 2. The number of hydrogen-bond donors (Lipinski definition) is 2. The smallest absolute Gasteiger partial charge is 0.389 e. The first-order valence-electron chi connectivity index (χ1n) is 10.2. The van der Waals surface area contributed by atoms with Crippen molar-refractivity contribution in [2.45, 2.75) is 31.2 Å². The number of aliphatic hydroxyl groups excluding tert-OH is 1. The number of carbonyl (C=O) groups is 1. The number of halogens is 3. The van der Waals surface area contributed by atoms with Gasteiger partial charge >= 0.3 is 6.18 Å². The molecule has 0 aliphatic carbocycles. The van der Waals surface area contributed by atoms with Gasteiger partial charge in [0.2, 0.25) is 5.91 Å². The van der Waals surface area contributed by atoms with E-state index in [-0.39, 0.29) is 31.6 Å². The van der Waals surface area contributed by atoms with Crippen LogP contribution in [0.4, 0.5) is 13.2 Å². The molecule has 0 radical (unpaired) electrons. The number of methoxy groups -OCH3 is 1. The molecule has 1 unspecified atom stereocenters. The fourth-order valence-corrected chi connectivity index (χ4v) is 3.92. The summed E-state index contributed by atoms with van der Waals surface area (Å²) in [6, 6.07) is 12.7. The van der Waals surface area contributed by atoms with Crippen molar-refractivity contribution in [2.24, 2.45) is 0 Å². The highest BCUT2D eigenvalue weighted by molar-refractivity contribution is 5.79. The van der Waals surface area contributed by atoms with Crippen molar-refractivity contribution in [3.05, 3.63) is 70.8 Å². The summed E-state index contributed by atoms with van der Waals surface area (Å²) < 4.78 is 43.5. The molecule has 2 aromatic carbocycles. The van der Waals surface area contributed by atoms with Crippen LogP contribution in [0.15, 0.2) is 48.5 Å². The van der Waals surface area contributed by atoms with Gasteiger partial charge in [0, 0.05) is 20.2 Å². The third-order valence-electron chi connectivity index (χ3n) is 5.46. The molecular weight excluding hydrogens is 409 g/mol. The number of aliphatic hydroxyl groups is 1. The molecule has 168 valence electrons. The largest absolute Gasteiger partial charge is 0.416 e. The van der Waals surface area contributed by atoms with Crippen LogP contribution in [0.1, 0.15) is 28.3 Å². The first-order chi connectivity index (χ1) is 14.8. The van der Waals surface area contributed by atoms with E-state index in [1.165, 1.54) is 19.2 Å². The number of nitrogens with one attached hydrogen (secondary N) is 1. The molecule has 1 amide bonds. The van der Waals surface area contributed by atoms with Crippen LogP contribution in [0.2, 0.25) is 0 Å². The zero-order valence-corrected chi connectivity index (χ0v) is 17.4. The summed E-state index contributed by atoms with van der Waals surface area (Å²) in [5.41, 5.74) is 2.20. The van der Waals surface area contributed by atoms with E-state index in [9.17, 15) is 23.1 Å². The molecular formula is C23H27F3N2O3. The fourth-order valence-electron chi connectivity index (χ4n) is 3.92. The van der Waals surface area contributed by atoms with E-state index < -0.39 is 17.8 Å². The SMILES string of the molecule is COC[C@@H](O)CNCC(=O)N1CCc2ccccc2C1Cc1ccc(C(F)(F)F)cc1.